The summed E-state index contributed by atoms with van der Waals surface area (Å²) in [6.07, 6.45) is 1.17. The molecule has 0 saturated heterocycles. The number of likely N-dealkylation sites (N-methyl/N-ethyl adjacent to an activating group) is 1. The van der Waals surface area contributed by atoms with Crippen molar-refractivity contribution in [3.8, 4) is 5.75 Å². The van der Waals surface area contributed by atoms with Crippen LogP contribution in [0.3, 0.4) is 0 Å². The smallest absolute Gasteiger partial charge is 0.119 e. The predicted octanol–water partition coefficient (Wildman–Crippen LogP) is 3.54. The van der Waals surface area contributed by atoms with E-state index in [0.717, 1.165) is 25.4 Å². The molecule has 120 valence electrons. The van der Waals surface area contributed by atoms with Crippen LogP contribution in [0.4, 0.5) is 0 Å². The van der Waals surface area contributed by atoms with Crippen LogP contribution in [-0.4, -0.2) is 38.2 Å². The van der Waals surface area contributed by atoms with Gasteiger partial charge in [0.05, 0.1) is 7.11 Å². The van der Waals surface area contributed by atoms with Crippen LogP contribution < -0.4 is 10.1 Å². The van der Waals surface area contributed by atoms with Crippen LogP contribution in [0, 0.1) is 5.41 Å². The van der Waals surface area contributed by atoms with Crippen molar-refractivity contribution in [3.05, 3.63) is 29.8 Å². The molecule has 3 nitrogen and oxygen atoms in total. The van der Waals surface area contributed by atoms with Crippen LogP contribution in [0.2, 0.25) is 0 Å². The molecule has 0 spiro atoms. The van der Waals surface area contributed by atoms with E-state index >= 15 is 0 Å². The SMILES string of the molecule is CCCNC(CN(C)Cc1cccc(OC)c1)C(C)(C)C. The number of nitrogens with one attached hydrogen (secondary N) is 1. The van der Waals surface area contributed by atoms with E-state index in [1.807, 2.05) is 6.07 Å². The van der Waals surface area contributed by atoms with Crippen LogP contribution in [0.15, 0.2) is 24.3 Å². The van der Waals surface area contributed by atoms with Gasteiger partial charge in [-0.1, -0.05) is 39.8 Å². The molecule has 0 fully saturated rings. The van der Waals surface area contributed by atoms with Gasteiger partial charge in [-0.25, -0.2) is 0 Å². The summed E-state index contributed by atoms with van der Waals surface area (Å²) < 4.78 is 5.29. The second-order valence-corrected chi connectivity index (χ2v) is 6.92. The Balaban J connectivity index is 2.62. The Morgan fingerprint density at radius 3 is 2.57 bits per heavy atom. The van der Waals surface area contributed by atoms with E-state index in [4.69, 9.17) is 4.74 Å². The third kappa shape index (κ3) is 6.49. The molecular weight excluding hydrogens is 260 g/mol. The third-order valence-corrected chi connectivity index (χ3v) is 3.77. The van der Waals surface area contributed by atoms with Gasteiger partial charge in [0.25, 0.3) is 0 Å². The minimum Gasteiger partial charge on any atom is -0.497 e. The number of nitrogens with zero attached hydrogens (tertiary/aromatic N) is 1. The Morgan fingerprint density at radius 1 is 1.29 bits per heavy atom. The fourth-order valence-electron chi connectivity index (χ4n) is 2.42. The van der Waals surface area contributed by atoms with Gasteiger partial charge in [0, 0.05) is 19.1 Å². The van der Waals surface area contributed by atoms with Crippen molar-refractivity contribution >= 4 is 0 Å². The van der Waals surface area contributed by atoms with Crippen molar-refractivity contribution in [1.82, 2.24) is 10.2 Å². The monoisotopic (exact) mass is 292 g/mol. The lowest BCUT2D eigenvalue weighted by molar-refractivity contribution is 0.190. The van der Waals surface area contributed by atoms with E-state index in [1.165, 1.54) is 12.0 Å². The van der Waals surface area contributed by atoms with E-state index < -0.39 is 0 Å². The van der Waals surface area contributed by atoms with Crippen LogP contribution in [0.1, 0.15) is 39.7 Å². The lowest BCUT2D eigenvalue weighted by Gasteiger charge is -2.35. The van der Waals surface area contributed by atoms with Gasteiger partial charge in [0.15, 0.2) is 0 Å². The first-order valence-electron chi connectivity index (χ1n) is 7.91. The van der Waals surface area contributed by atoms with E-state index in [2.05, 4.69) is 63.2 Å². The maximum atomic E-state index is 5.29. The molecule has 1 aromatic rings. The minimum atomic E-state index is 0.262. The zero-order chi connectivity index (χ0) is 15.9. The predicted molar refractivity (Wildman–Crippen MR) is 90.9 cm³/mol. The number of benzene rings is 1. The molecule has 3 heteroatoms. The largest absolute Gasteiger partial charge is 0.497 e. The van der Waals surface area contributed by atoms with Gasteiger partial charge in [0.1, 0.15) is 5.75 Å². The first-order chi connectivity index (χ1) is 9.86. The number of hydrogen-bond donors (Lipinski definition) is 1. The van der Waals surface area contributed by atoms with Crippen molar-refractivity contribution in [2.24, 2.45) is 5.41 Å². The van der Waals surface area contributed by atoms with Crippen molar-refractivity contribution in [2.45, 2.75) is 46.7 Å². The lowest BCUT2D eigenvalue weighted by Crippen LogP contribution is -2.47. The average molecular weight is 292 g/mol. The number of hydrogen-bond acceptors (Lipinski definition) is 3. The fraction of sp³-hybridized carbons (Fsp3) is 0.667. The highest BCUT2D eigenvalue weighted by atomic mass is 16.5. The van der Waals surface area contributed by atoms with E-state index in [1.54, 1.807) is 7.11 Å². The van der Waals surface area contributed by atoms with Crippen molar-refractivity contribution < 1.29 is 4.74 Å². The van der Waals surface area contributed by atoms with Gasteiger partial charge < -0.3 is 15.0 Å². The number of methoxy groups -OCH3 is 1. The molecule has 0 heterocycles. The Labute approximate surface area is 130 Å². The molecule has 21 heavy (non-hydrogen) atoms. The second-order valence-electron chi connectivity index (χ2n) is 6.92. The van der Waals surface area contributed by atoms with Gasteiger partial charge in [-0.15, -0.1) is 0 Å². The van der Waals surface area contributed by atoms with Crippen molar-refractivity contribution in [1.29, 1.82) is 0 Å². The summed E-state index contributed by atoms with van der Waals surface area (Å²) in [7, 11) is 3.90. The Bertz CT molecular complexity index is 412. The molecule has 0 radical (unpaired) electrons. The van der Waals surface area contributed by atoms with Gasteiger partial charge in [0.2, 0.25) is 0 Å². The molecule has 0 amide bonds. The van der Waals surface area contributed by atoms with Crippen molar-refractivity contribution in [2.75, 3.05) is 27.2 Å². The summed E-state index contributed by atoms with van der Waals surface area (Å²) in [5, 5.41) is 3.68. The van der Waals surface area contributed by atoms with Crippen molar-refractivity contribution in [3.63, 3.8) is 0 Å². The molecule has 1 atom stereocenters. The summed E-state index contributed by atoms with van der Waals surface area (Å²) in [5.74, 6) is 0.928. The van der Waals surface area contributed by atoms with Crippen LogP contribution in [0.5, 0.6) is 5.75 Å². The molecule has 0 aliphatic carbocycles. The molecule has 1 rings (SSSR count). The van der Waals surface area contributed by atoms with Gasteiger partial charge in [-0.2, -0.15) is 0 Å². The molecule has 0 aromatic heterocycles. The first-order valence-corrected chi connectivity index (χ1v) is 7.91. The Kier molecular flexibility index (Phi) is 7.20. The molecule has 0 aliphatic rings. The Morgan fingerprint density at radius 2 is 2.00 bits per heavy atom. The molecule has 0 aliphatic heterocycles. The summed E-state index contributed by atoms with van der Waals surface area (Å²) in [6, 6.07) is 8.81. The minimum absolute atomic E-state index is 0.262. The van der Waals surface area contributed by atoms with Gasteiger partial charge >= 0.3 is 0 Å². The zero-order valence-corrected chi connectivity index (χ0v) is 14.6. The number of ether oxygens (including phenoxy) is 1. The van der Waals surface area contributed by atoms with Crippen LogP contribution in [0.25, 0.3) is 0 Å². The quantitative estimate of drug-likeness (QED) is 0.793. The summed E-state index contributed by atoms with van der Waals surface area (Å²) in [4.78, 5) is 2.38. The summed E-state index contributed by atoms with van der Waals surface area (Å²) in [6.45, 7) is 12.2. The highest BCUT2D eigenvalue weighted by Gasteiger charge is 2.25. The van der Waals surface area contributed by atoms with E-state index in [9.17, 15) is 0 Å². The third-order valence-electron chi connectivity index (χ3n) is 3.77. The highest BCUT2D eigenvalue weighted by molar-refractivity contribution is 5.28. The number of rotatable bonds is 8. The van der Waals surface area contributed by atoms with E-state index in [0.29, 0.717) is 6.04 Å². The molecule has 0 bridgehead atoms. The zero-order valence-electron chi connectivity index (χ0n) is 14.6. The fourth-order valence-corrected chi connectivity index (χ4v) is 2.42. The molecule has 1 unspecified atom stereocenters. The summed E-state index contributed by atoms with van der Waals surface area (Å²) >= 11 is 0. The second kappa shape index (κ2) is 8.40. The maximum Gasteiger partial charge on any atom is 0.119 e. The highest BCUT2D eigenvalue weighted by Crippen LogP contribution is 2.21. The van der Waals surface area contributed by atoms with Crippen LogP contribution >= 0.6 is 0 Å². The molecule has 1 aromatic carbocycles. The Hall–Kier alpha value is -1.06. The molecular formula is C18H32N2O. The lowest BCUT2D eigenvalue weighted by atomic mass is 9.86. The normalized spacial score (nSPS) is 13.5. The topological polar surface area (TPSA) is 24.5 Å². The first kappa shape index (κ1) is 18.0. The standard InChI is InChI=1S/C18H32N2O/c1-7-11-19-17(18(2,3)4)14-20(5)13-15-9-8-10-16(12-15)21-6/h8-10,12,17,19H,7,11,13-14H2,1-6H3. The molecule has 0 saturated carbocycles. The molecule has 1 N–H and O–H groups in total. The van der Waals surface area contributed by atoms with E-state index in [-0.39, 0.29) is 5.41 Å². The average Bonchev–Trinajstić information content (AvgIpc) is 2.42. The van der Waals surface area contributed by atoms with Crippen LogP contribution in [-0.2, 0) is 6.54 Å². The van der Waals surface area contributed by atoms with Gasteiger partial charge in [-0.3, -0.25) is 0 Å². The summed E-state index contributed by atoms with van der Waals surface area (Å²) in [5.41, 5.74) is 1.55. The maximum absolute atomic E-state index is 5.29. The van der Waals surface area contributed by atoms with Gasteiger partial charge in [-0.05, 0) is 43.1 Å².